The van der Waals surface area contributed by atoms with Crippen LogP contribution in [0.15, 0.2) is 121 Å². The first-order chi connectivity index (χ1) is 27.9. The Morgan fingerprint density at radius 2 is 1.02 bits per heavy atom. The molecule has 322 valence electrons. The van der Waals surface area contributed by atoms with E-state index >= 15 is 0 Å². The molecule has 4 aromatic rings. The molecule has 0 radical (unpaired) electrons. The molecule has 0 aliphatic rings. The van der Waals surface area contributed by atoms with Crippen LogP contribution in [0.1, 0.15) is 65.5 Å². The molecule has 0 saturated carbocycles. The van der Waals surface area contributed by atoms with Gasteiger partial charge in [-0.3, -0.25) is 0 Å². The molecule has 0 heterocycles. The number of methoxy groups -OCH3 is 3. The first-order valence-corrected chi connectivity index (χ1v) is 25.5. The average Bonchev–Trinajstić information content (AvgIpc) is 3.21. The number of hydrogen-bond acceptors (Lipinski definition) is 8. The molecule has 0 aliphatic carbocycles. The minimum atomic E-state index is -2.93. The standard InChI is InChI=1S/C49H70O8Si2/c1-37(32-45(53-10)47(36-56-58(11,12)48(2,3)4)55-34-39-25-29-41(52-9)30-26-39)31-44(50)46(54-33-38-23-27-40(51-8)28-24-38)35-57-59(49(5,6)7,42-19-15-13-16-20-42)43-21-17-14-18-22-43/h13-30,44-47,50H,1,31-36H2,2-12H3/t44-,45-,46-,47+/m1/s1. The van der Waals surface area contributed by atoms with Crippen molar-refractivity contribution in [3.8, 4) is 11.5 Å². The molecular weight excluding hydrogens is 773 g/mol. The highest BCUT2D eigenvalue weighted by Crippen LogP contribution is 2.38. The molecule has 0 spiro atoms. The summed E-state index contributed by atoms with van der Waals surface area (Å²) >= 11 is 0. The molecule has 0 unspecified atom stereocenters. The van der Waals surface area contributed by atoms with Gasteiger partial charge in [-0.25, -0.2) is 0 Å². The zero-order valence-electron chi connectivity index (χ0n) is 37.5. The van der Waals surface area contributed by atoms with Gasteiger partial charge in [0.25, 0.3) is 8.32 Å². The third-order valence-electron chi connectivity index (χ3n) is 11.7. The van der Waals surface area contributed by atoms with Crippen molar-refractivity contribution in [1.29, 1.82) is 0 Å². The summed E-state index contributed by atoms with van der Waals surface area (Å²) in [5.41, 5.74) is 2.80. The minimum absolute atomic E-state index is 0.0289. The average molecular weight is 843 g/mol. The highest BCUT2D eigenvalue weighted by molar-refractivity contribution is 6.99. The second-order valence-corrected chi connectivity index (χ2v) is 27.1. The monoisotopic (exact) mass is 842 g/mol. The van der Waals surface area contributed by atoms with Crippen molar-refractivity contribution < 1.29 is 37.6 Å². The number of rotatable bonds is 23. The van der Waals surface area contributed by atoms with E-state index in [1.54, 1.807) is 21.3 Å². The fourth-order valence-corrected chi connectivity index (χ4v) is 12.6. The summed E-state index contributed by atoms with van der Waals surface area (Å²) in [6.45, 7) is 23.6. The molecule has 0 aromatic heterocycles. The number of hydrogen-bond donors (Lipinski definition) is 1. The fourth-order valence-electron chi connectivity index (χ4n) is 7.02. The van der Waals surface area contributed by atoms with E-state index in [0.29, 0.717) is 19.6 Å². The molecule has 0 fully saturated rings. The van der Waals surface area contributed by atoms with Crippen LogP contribution in [-0.2, 0) is 36.3 Å². The van der Waals surface area contributed by atoms with Gasteiger partial charge in [0.05, 0.1) is 52.9 Å². The molecule has 59 heavy (non-hydrogen) atoms. The zero-order chi connectivity index (χ0) is 43.3. The Balaban J connectivity index is 1.59. The first-order valence-electron chi connectivity index (χ1n) is 20.7. The molecule has 1 N–H and O–H groups in total. The minimum Gasteiger partial charge on any atom is -0.497 e. The highest BCUT2D eigenvalue weighted by Gasteiger charge is 2.50. The zero-order valence-corrected chi connectivity index (χ0v) is 39.5. The fraction of sp³-hybridized carbons (Fsp3) is 0.469. The molecule has 4 aromatic carbocycles. The van der Waals surface area contributed by atoms with E-state index in [2.05, 4.69) is 110 Å². The van der Waals surface area contributed by atoms with E-state index in [4.69, 9.17) is 32.5 Å². The van der Waals surface area contributed by atoms with Gasteiger partial charge in [-0.05, 0) is 81.8 Å². The summed E-state index contributed by atoms with van der Waals surface area (Å²) in [5, 5.41) is 14.2. The molecule has 4 rings (SSSR count). The van der Waals surface area contributed by atoms with Gasteiger partial charge in [-0.2, -0.15) is 0 Å². The van der Waals surface area contributed by atoms with Crippen LogP contribution in [-0.4, -0.2) is 80.7 Å². The molecular formula is C49H70O8Si2. The van der Waals surface area contributed by atoms with Crippen LogP contribution < -0.4 is 19.8 Å². The Bertz CT molecular complexity index is 1780. The SMILES string of the molecule is C=C(C[C@@H](O)[C@@H](CO[Si](c1ccccc1)(c1ccccc1)C(C)(C)C)OCc1ccc(OC)cc1)C[C@@H](OC)[C@H](CO[Si](C)(C)C(C)(C)C)OCc1ccc(OC)cc1. The molecule has 0 aliphatic heterocycles. The van der Waals surface area contributed by atoms with Crippen LogP contribution in [0.4, 0.5) is 0 Å². The maximum absolute atomic E-state index is 12.1. The van der Waals surface area contributed by atoms with Crippen LogP contribution in [0.5, 0.6) is 11.5 Å². The molecule has 4 atom stereocenters. The van der Waals surface area contributed by atoms with Crippen molar-refractivity contribution in [1.82, 2.24) is 0 Å². The van der Waals surface area contributed by atoms with Gasteiger partial charge in [0.1, 0.15) is 23.7 Å². The van der Waals surface area contributed by atoms with Crippen LogP contribution >= 0.6 is 0 Å². The number of ether oxygens (including phenoxy) is 5. The molecule has 0 bridgehead atoms. The van der Waals surface area contributed by atoms with Gasteiger partial charge in [0.15, 0.2) is 8.32 Å². The van der Waals surface area contributed by atoms with Gasteiger partial charge in [0, 0.05) is 7.11 Å². The normalized spacial score (nSPS) is 14.6. The second-order valence-electron chi connectivity index (χ2n) is 17.9. The predicted octanol–water partition coefficient (Wildman–Crippen LogP) is 9.49. The summed E-state index contributed by atoms with van der Waals surface area (Å²) in [6.07, 6.45) is -1.59. The van der Waals surface area contributed by atoms with Gasteiger partial charge in [-0.15, -0.1) is 0 Å². The molecule has 8 nitrogen and oxygen atoms in total. The van der Waals surface area contributed by atoms with Crippen LogP contribution in [0.3, 0.4) is 0 Å². The van der Waals surface area contributed by atoms with Crippen molar-refractivity contribution in [3.63, 3.8) is 0 Å². The van der Waals surface area contributed by atoms with Crippen molar-refractivity contribution in [3.05, 3.63) is 132 Å². The lowest BCUT2D eigenvalue weighted by Gasteiger charge is -2.44. The lowest BCUT2D eigenvalue weighted by Crippen LogP contribution is -2.67. The Morgan fingerprint density at radius 3 is 1.42 bits per heavy atom. The van der Waals surface area contributed by atoms with Gasteiger partial charge < -0.3 is 37.6 Å². The maximum atomic E-state index is 12.1. The largest absolute Gasteiger partial charge is 0.497 e. The number of aliphatic hydroxyl groups is 1. The van der Waals surface area contributed by atoms with E-state index in [-0.39, 0.29) is 41.9 Å². The smallest absolute Gasteiger partial charge is 0.261 e. The number of aliphatic hydroxyl groups excluding tert-OH is 1. The maximum Gasteiger partial charge on any atom is 0.261 e. The predicted molar refractivity (Wildman–Crippen MR) is 245 cm³/mol. The number of benzene rings is 4. The van der Waals surface area contributed by atoms with E-state index in [1.807, 2.05) is 60.7 Å². The highest BCUT2D eigenvalue weighted by atomic mass is 28.4. The first kappa shape index (κ1) is 48.1. The lowest BCUT2D eigenvalue weighted by molar-refractivity contribution is -0.0848. The molecule has 0 saturated heterocycles. The topological polar surface area (TPSA) is 84.8 Å². The summed E-state index contributed by atoms with van der Waals surface area (Å²) < 4.78 is 44.1. The van der Waals surface area contributed by atoms with Gasteiger partial charge in [0.2, 0.25) is 0 Å². The quantitative estimate of drug-likeness (QED) is 0.0585. The van der Waals surface area contributed by atoms with Crippen molar-refractivity contribution in [2.75, 3.05) is 34.5 Å². The summed E-state index contributed by atoms with van der Waals surface area (Å²) in [4.78, 5) is 0. The third-order valence-corrected chi connectivity index (χ3v) is 21.2. The second kappa shape index (κ2) is 21.8. The third kappa shape index (κ3) is 13.2. The van der Waals surface area contributed by atoms with Crippen molar-refractivity contribution >= 4 is 27.0 Å². The van der Waals surface area contributed by atoms with Crippen molar-refractivity contribution in [2.24, 2.45) is 0 Å². The summed E-state index contributed by atoms with van der Waals surface area (Å²) in [6, 6.07) is 36.7. The van der Waals surface area contributed by atoms with E-state index in [0.717, 1.165) is 38.6 Å². The van der Waals surface area contributed by atoms with E-state index in [1.165, 1.54) is 0 Å². The van der Waals surface area contributed by atoms with Crippen molar-refractivity contribution in [2.45, 2.75) is 115 Å². The Hall–Kier alpha value is -3.59. The van der Waals surface area contributed by atoms with E-state index in [9.17, 15) is 5.11 Å². The van der Waals surface area contributed by atoms with Crippen LogP contribution in [0.25, 0.3) is 0 Å². The molecule has 0 amide bonds. The summed E-state index contributed by atoms with van der Waals surface area (Å²) in [5.74, 6) is 1.56. The van der Waals surface area contributed by atoms with Gasteiger partial charge in [-0.1, -0.05) is 139 Å². The Labute approximate surface area is 357 Å². The van der Waals surface area contributed by atoms with E-state index < -0.39 is 28.8 Å². The Kier molecular flexibility index (Phi) is 17.8. The lowest BCUT2D eigenvalue weighted by atomic mass is 9.98. The molecule has 10 heteroatoms. The summed E-state index contributed by atoms with van der Waals surface area (Å²) in [7, 11) is -0.0317. The van der Waals surface area contributed by atoms with Crippen LogP contribution in [0.2, 0.25) is 23.2 Å². The van der Waals surface area contributed by atoms with Crippen LogP contribution in [0, 0.1) is 0 Å². The Morgan fingerprint density at radius 1 is 0.576 bits per heavy atom. The van der Waals surface area contributed by atoms with Gasteiger partial charge >= 0.3 is 0 Å².